The lowest BCUT2D eigenvalue weighted by molar-refractivity contribution is -0.134. The number of halogens is 3. The van der Waals surface area contributed by atoms with Gasteiger partial charge < -0.3 is 15.9 Å². The molecule has 5 N–H and O–H groups in total. The van der Waals surface area contributed by atoms with Crippen molar-refractivity contribution in [1.82, 2.24) is 15.0 Å². The van der Waals surface area contributed by atoms with E-state index in [1.54, 1.807) is 0 Å². The molecule has 0 aliphatic rings. The van der Waals surface area contributed by atoms with Crippen LogP contribution in [0.5, 0.6) is 0 Å². The van der Waals surface area contributed by atoms with Gasteiger partial charge in [-0.1, -0.05) is 11.8 Å². The van der Waals surface area contributed by atoms with Crippen molar-refractivity contribution < 1.29 is 33.0 Å². The number of nitrogens with one attached hydrogen (secondary N) is 1. The number of nitrogens with zero attached hydrogens (tertiary/aromatic N) is 5. The van der Waals surface area contributed by atoms with Gasteiger partial charge in [0.15, 0.2) is 11.1 Å². The summed E-state index contributed by atoms with van der Waals surface area (Å²) in [7, 11) is 0. The summed E-state index contributed by atoms with van der Waals surface area (Å²) in [6, 6.07) is 2.05. The highest BCUT2D eigenvalue weighted by Crippen LogP contribution is 2.16. The number of carbonyl (C=O) groups is 2. The number of aromatic nitrogens is 3. The smallest absolute Gasteiger partial charge is 0.408 e. The van der Waals surface area contributed by atoms with E-state index in [-0.39, 0.29) is 5.95 Å². The van der Waals surface area contributed by atoms with E-state index in [2.05, 4.69) is 31.3 Å². The van der Waals surface area contributed by atoms with Crippen LogP contribution in [0.25, 0.3) is 0 Å². The number of hydrogen-bond acceptors (Lipinski definition) is 8. The zero-order chi connectivity index (χ0) is 23.0. The lowest BCUT2D eigenvalue weighted by atomic mass is 10.3. The summed E-state index contributed by atoms with van der Waals surface area (Å²) in [6.45, 7) is -1.38. The number of carboxylic acid groups (broad SMARTS) is 2. The largest absolute Gasteiger partial charge is 0.478 e. The lowest BCUT2D eigenvalue weighted by Crippen LogP contribution is -2.26. The predicted octanol–water partition coefficient (Wildman–Crippen LogP) is 1.66. The van der Waals surface area contributed by atoms with Gasteiger partial charge in [-0.05, 0) is 12.8 Å². The van der Waals surface area contributed by atoms with Gasteiger partial charge in [0.2, 0.25) is 5.95 Å². The third kappa shape index (κ3) is 16.7. The Morgan fingerprint density at radius 1 is 1.27 bits per heavy atom. The van der Waals surface area contributed by atoms with Crippen LogP contribution in [0.15, 0.2) is 28.6 Å². The van der Waals surface area contributed by atoms with Gasteiger partial charge in [-0.2, -0.15) is 23.4 Å². The number of anilines is 1. The van der Waals surface area contributed by atoms with E-state index in [1.807, 2.05) is 0 Å². The first kappa shape index (κ1) is 26.6. The fourth-order valence-corrected chi connectivity index (χ4v) is 2.16. The molecule has 0 aliphatic heterocycles. The van der Waals surface area contributed by atoms with Crippen LogP contribution >= 0.6 is 11.8 Å². The molecule has 15 heteroatoms. The lowest BCUT2D eigenvalue weighted by Gasteiger charge is -2.06. The summed E-state index contributed by atoms with van der Waals surface area (Å²) < 4.78 is 36.0. The van der Waals surface area contributed by atoms with Gasteiger partial charge in [-0.15, -0.1) is 0 Å². The standard InChI is InChI=1S/C11H14F3N7S.C4H4O4/c12-11(13,14)6-17-8(16)20-9-18-7-19-10(21-9)22-5-3-1-2-4-15;5-3(6)1-2-4(7)8/h7H,1-3,5-6H2,(H3,16,17,18,19,20,21);1-2H,(H,5,6)(H,7,8)/b;2-1-. The molecule has 0 bridgehead atoms. The number of nitrogens with two attached hydrogens (primary N) is 1. The highest BCUT2D eigenvalue weighted by Gasteiger charge is 2.26. The zero-order valence-electron chi connectivity index (χ0n) is 15.3. The van der Waals surface area contributed by atoms with Crippen LogP contribution in [-0.4, -0.2) is 61.5 Å². The molecule has 1 rings (SSSR count). The Kier molecular flexibility index (Phi) is 12.9. The van der Waals surface area contributed by atoms with Crippen LogP contribution in [-0.2, 0) is 9.59 Å². The molecule has 0 saturated carbocycles. The Morgan fingerprint density at radius 3 is 2.43 bits per heavy atom. The summed E-state index contributed by atoms with van der Waals surface area (Å²) >= 11 is 1.36. The van der Waals surface area contributed by atoms with Gasteiger partial charge in [-0.25, -0.2) is 24.5 Å². The monoisotopic (exact) mass is 449 g/mol. The first-order valence-corrected chi connectivity index (χ1v) is 8.98. The molecule has 11 nitrogen and oxygen atoms in total. The van der Waals surface area contributed by atoms with Gasteiger partial charge in [0.1, 0.15) is 12.9 Å². The van der Waals surface area contributed by atoms with E-state index in [0.29, 0.717) is 23.7 Å². The van der Waals surface area contributed by atoms with Crippen LogP contribution < -0.4 is 11.1 Å². The molecule has 0 atom stereocenters. The Labute approximate surface area is 172 Å². The molecule has 1 aromatic rings. The van der Waals surface area contributed by atoms with Crippen molar-refractivity contribution in [1.29, 1.82) is 5.26 Å². The molecule has 30 heavy (non-hydrogen) atoms. The quantitative estimate of drug-likeness (QED) is 0.141. The van der Waals surface area contributed by atoms with E-state index in [0.717, 1.165) is 18.6 Å². The van der Waals surface area contributed by atoms with Crippen LogP contribution in [0, 0.1) is 11.3 Å². The molecule has 0 aromatic carbocycles. The van der Waals surface area contributed by atoms with Crippen molar-refractivity contribution in [2.75, 3.05) is 17.6 Å². The molecule has 0 radical (unpaired) electrons. The Hall–Kier alpha value is -3.41. The van der Waals surface area contributed by atoms with E-state index in [9.17, 15) is 22.8 Å². The second-order valence-corrected chi connectivity index (χ2v) is 6.07. The highest BCUT2D eigenvalue weighted by molar-refractivity contribution is 7.99. The summed E-state index contributed by atoms with van der Waals surface area (Å²) in [4.78, 5) is 33.9. The molecule has 1 aromatic heterocycles. The molecular formula is C15H18F3N7O4S. The van der Waals surface area contributed by atoms with Gasteiger partial charge >= 0.3 is 18.1 Å². The molecule has 164 valence electrons. The number of alkyl halides is 3. The minimum Gasteiger partial charge on any atom is -0.478 e. The SMILES string of the molecule is N#CCCCCSc1ncnc(N/C(N)=N\CC(F)(F)F)n1.O=C(O)/C=C\C(=O)O. The van der Waals surface area contributed by atoms with Crippen molar-refractivity contribution in [3.8, 4) is 6.07 Å². The summed E-state index contributed by atoms with van der Waals surface area (Å²) in [5.41, 5.74) is 5.32. The maximum absolute atomic E-state index is 12.0. The molecular weight excluding hydrogens is 431 g/mol. The van der Waals surface area contributed by atoms with Gasteiger partial charge in [0.25, 0.3) is 0 Å². The van der Waals surface area contributed by atoms with Crippen molar-refractivity contribution >= 4 is 35.6 Å². The molecule has 0 unspecified atom stereocenters. The number of guanidine groups is 1. The predicted molar refractivity (Wildman–Crippen MR) is 101 cm³/mol. The minimum absolute atomic E-state index is 0.0259. The van der Waals surface area contributed by atoms with Crippen molar-refractivity contribution in [2.45, 2.75) is 30.6 Å². The molecule has 0 spiro atoms. The van der Waals surface area contributed by atoms with E-state index < -0.39 is 30.6 Å². The van der Waals surface area contributed by atoms with E-state index >= 15 is 0 Å². The number of rotatable bonds is 9. The molecule has 0 amide bonds. The molecule has 1 heterocycles. The first-order valence-electron chi connectivity index (χ1n) is 8.00. The van der Waals surface area contributed by atoms with Crippen molar-refractivity contribution in [2.24, 2.45) is 10.7 Å². The molecule has 0 saturated heterocycles. The average molecular weight is 449 g/mol. The molecule has 0 fully saturated rings. The zero-order valence-corrected chi connectivity index (χ0v) is 16.2. The minimum atomic E-state index is -4.42. The number of aliphatic carboxylic acids is 2. The summed E-state index contributed by atoms with van der Waals surface area (Å²) in [5, 5.41) is 26.8. The number of nitriles is 1. The number of hydrogen-bond donors (Lipinski definition) is 4. The fraction of sp³-hybridized carbons (Fsp3) is 0.400. The second kappa shape index (κ2) is 14.6. The summed E-state index contributed by atoms with van der Waals surface area (Å²) in [5.74, 6) is -2.19. The van der Waals surface area contributed by atoms with Gasteiger partial charge in [0, 0.05) is 24.3 Å². The Bertz CT molecular complexity index is 781. The third-order valence-electron chi connectivity index (χ3n) is 2.50. The molecule has 0 aliphatic carbocycles. The number of carboxylic acids is 2. The first-order chi connectivity index (χ1) is 14.0. The number of aliphatic imine (C=N–C) groups is 1. The van der Waals surface area contributed by atoms with Crippen LogP contribution in [0.3, 0.4) is 0 Å². The normalized spacial score (nSPS) is 11.3. The number of unbranched alkanes of at least 4 members (excludes halogenated alkanes) is 2. The van der Waals surface area contributed by atoms with Crippen LogP contribution in [0.4, 0.5) is 19.1 Å². The maximum atomic E-state index is 12.0. The van der Waals surface area contributed by atoms with Crippen LogP contribution in [0.2, 0.25) is 0 Å². The Balaban J connectivity index is 0.000000890. The van der Waals surface area contributed by atoms with E-state index in [4.69, 9.17) is 21.2 Å². The third-order valence-corrected chi connectivity index (χ3v) is 3.45. The topological polar surface area (TPSA) is 187 Å². The summed E-state index contributed by atoms with van der Waals surface area (Å²) in [6.07, 6.45) is 0.0415. The fourth-order valence-electron chi connectivity index (χ4n) is 1.35. The Morgan fingerprint density at radius 2 is 1.90 bits per heavy atom. The van der Waals surface area contributed by atoms with Crippen LogP contribution in [0.1, 0.15) is 19.3 Å². The van der Waals surface area contributed by atoms with E-state index in [1.165, 1.54) is 18.1 Å². The van der Waals surface area contributed by atoms with Crippen molar-refractivity contribution in [3.05, 3.63) is 18.5 Å². The average Bonchev–Trinajstić information content (AvgIpc) is 2.65. The van der Waals surface area contributed by atoms with Gasteiger partial charge in [-0.3, -0.25) is 5.32 Å². The second-order valence-electron chi connectivity index (χ2n) is 5.01. The maximum Gasteiger partial charge on any atom is 0.408 e. The van der Waals surface area contributed by atoms with Crippen molar-refractivity contribution in [3.63, 3.8) is 0 Å². The number of thioether (sulfide) groups is 1. The highest BCUT2D eigenvalue weighted by atomic mass is 32.2. The van der Waals surface area contributed by atoms with Gasteiger partial charge in [0.05, 0.1) is 6.07 Å².